The maximum absolute atomic E-state index is 5.25. The first-order valence-electron chi connectivity index (χ1n) is 5.12. The predicted octanol–water partition coefficient (Wildman–Crippen LogP) is 3.78. The van der Waals surface area contributed by atoms with Crippen LogP contribution < -0.4 is 0 Å². The number of rotatable bonds is 4. The molecule has 0 fully saturated rings. The van der Waals surface area contributed by atoms with Crippen LogP contribution >= 0.6 is 0 Å². The Balaban J connectivity index is 2.82. The Morgan fingerprint density at radius 1 is 1.60 bits per heavy atom. The standard InChI is InChI=1S/C14H18O/c1-5-6-7-12(3)13-8-11(2)9-14(10-13)15-4/h5-7,9-11H,1,3,8H2,2,4H3. The smallest absolute Gasteiger partial charge is 0.115 e. The van der Waals surface area contributed by atoms with E-state index in [1.165, 1.54) is 5.57 Å². The van der Waals surface area contributed by atoms with E-state index in [0.717, 1.165) is 17.8 Å². The van der Waals surface area contributed by atoms with Crippen LogP contribution in [0.1, 0.15) is 13.3 Å². The van der Waals surface area contributed by atoms with Crippen molar-refractivity contribution in [1.29, 1.82) is 0 Å². The zero-order valence-electron chi connectivity index (χ0n) is 9.49. The number of hydrogen-bond acceptors (Lipinski definition) is 1. The molecule has 1 aliphatic carbocycles. The molecule has 1 rings (SSSR count). The summed E-state index contributed by atoms with van der Waals surface area (Å²) in [5.41, 5.74) is 2.27. The van der Waals surface area contributed by atoms with Gasteiger partial charge in [-0.15, -0.1) is 0 Å². The lowest BCUT2D eigenvalue weighted by atomic mass is 9.90. The monoisotopic (exact) mass is 202 g/mol. The van der Waals surface area contributed by atoms with E-state index < -0.39 is 0 Å². The van der Waals surface area contributed by atoms with Crippen molar-refractivity contribution in [3.8, 4) is 0 Å². The maximum Gasteiger partial charge on any atom is 0.115 e. The summed E-state index contributed by atoms with van der Waals surface area (Å²) in [5.74, 6) is 1.44. The van der Waals surface area contributed by atoms with Crippen LogP contribution in [0, 0.1) is 5.92 Å². The van der Waals surface area contributed by atoms with Gasteiger partial charge in [0.2, 0.25) is 0 Å². The van der Waals surface area contributed by atoms with Crippen LogP contribution in [-0.2, 0) is 4.74 Å². The van der Waals surface area contributed by atoms with Crippen molar-refractivity contribution in [2.75, 3.05) is 7.11 Å². The third-order valence-corrected chi connectivity index (χ3v) is 2.39. The molecule has 1 unspecified atom stereocenters. The molecule has 80 valence electrons. The van der Waals surface area contributed by atoms with Gasteiger partial charge in [0.25, 0.3) is 0 Å². The summed E-state index contributed by atoms with van der Waals surface area (Å²) in [6.07, 6.45) is 10.8. The molecule has 0 aromatic carbocycles. The Bertz CT molecular complexity index is 342. The molecule has 1 atom stereocenters. The number of hydrogen-bond donors (Lipinski definition) is 0. The first-order chi connectivity index (χ1) is 7.17. The highest BCUT2D eigenvalue weighted by molar-refractivity contribution is 5.43. The minimum absolute atomic E-state index is 0.508. The molecule has 0 saturated carbocycles. The van der Waals surface area contributed by atoms with Gasteiger partial charge in [0.1, 0.15) is 5.76 Å². The molecule has 0 N–H and O–H groups in total. The molecule has 1 nitrogen and oxygen atoms in total. The van der Waals surface area contributed by atoms with Crippen molar-refractivity contribution in [2.24, 2.45) is 5.92 Å². The van der Waals surface area contributed by atoms with Crippen LogP contribution in [0.2, 0.25) is 0 Å². The maximum atomic E-state index is 5.25. The normalized spacial score (nSPS) is 20.8. The third-order valence-electron chi connectivity index (χ3n) is 2.39. The van der Waals surface area contributed by atoms with E-state index in [1.54, 1.807) is 13.2 Å². The largest absolute Gasteiger partial charge is 0.497 e. The summed E-state index contributed by atoms with van der Waals surface area (Å²) in [4.78, 5) is 0. The summed E-state index contributed by atoms with van der Waals surface area (Å²) < 4.78 is 5.25. The van der Waals surface area contributed by atoms with Crippen molar-refractivity contribution >= 4 is 0 Å². The Kier molecular flexibility index (Phi) is 4.17. The molecule has 1 heteroatoms. The lowest BCUT2D eigenvalue weighted by Gasteiger charge is -2.18. The van der Waals surface area contributed by atoms with Crippen LogP contribution in [0.4, 0.5) is 0 Å². The van der Waals surface area contributed by atoms with Crippen molar-refractivity contribution in [3.63, 3.8) is 0 Å². The number of ether oxygens (including phenoxy) is 1. The van der Waals surface area contributed by atoms with E-state index in [9.17, 15) is 0 Å². The molecule has 0 radical (unpaired) electrons. The van der Waals surface area contributed by atoms with Crippen molar-refractivity contribution < 1.29 is 4.74 Å². The first-order valence-corrected chi connectivity index (χ1v) is 5.12. The van der Waals surface area contributed by atoms with Gasteiger partial charge in [-0.25, -0.2) is 0 Å². The SMILES string of the molecule is C=CC=CC(=C)C1=CC(OC)=CC(C)C1. The average Bonchev–Trinajstić information content (AvgIpc) is 2.24. The summed E-state index contributed by atoms with van der Waals surface area (Å²) in [6.45, 7) is 9.85. The summed E-state index contributed by atoms with van der Waals surface area (Å²) in [7, 11) is 1.69. The van der Waals surface area contributed by atoms with Crippen LogP contribution in [-0.4, -0.2) is 7.11 Å². The Morgan fingerprint density at radius 3 is 2.93 bits per heavy atom. The molecule has 0 spiro atoms. The van der Waals surface area contributed by atoms with Crippen LogP contribution in [0.5, 0.6) is 0 Å². The Morgan fingerprint density at radius 2 is 2.33 bits per heavy atom. The van der Waals surface area contributed by atoms with Gasteiger partial charge in [-0.1, -0.05) is 38.3 Å². The van der Waals surface area contributed by atoms with Crippen LogP contribution in [0.25, 0.3) is 0 Å². The van der Waals surface area contributed by atoms with E-state index in [0.29, 0.717) is 5.92 Å². The summed E-state index contributed by atoms with van der Waals surface area (Å²) in [5, 5.41) is 0. The second-order valence-electron chi connectivity index (χ2n) is 3.74. The fraction of sp³-hybridized carbons (Fsp3) is 0.286. The lowest BCUT2D eigenvalue weighted by molar-refractivity contribution is 0.299. The molecule has 0 aliphatic heterocycles. The Labute approximate surface area is 92.1 Å². The van der Waals surface area contributed by atoms with Gasteiger partial charge in [-0.2, -0.15) is 0 Å². The molecular weight excluding hydrogens is 184 g/mol. The van der Waals surface area contributed by atoms with E-state index >= 15 is 0 Å². The molecule has 0 heterocycles. The molecule has 0 aromatic rings. The topological polar surface area (TPSA) is 9.23 Å². The van der Waals surface area contributed by atoms with Gasteiger partial charge in [0.15, 0.2) is 0 Å². The summed E-state index contributed by atoms with van der Waals surface area (Å²) >= 11 is 0. The molecule has 0 amide bonds. The molecular formula is C14H18O. The third kappa shape index (κ3) is 3.28. The quantitative estimate of drug-likeness (QED) is 0.630. The Hall–Kier alpha value is -1.50. The first kappa shape index (κ1) is 11.6. The second-order valence-corrected chi connectivity index (χ2v) is 3.74. The molecule has 0 bridgehead atoms. The highest BCUT2D eigenvalue weighted by Crippen LogP contribution is 2.27. The minimum Gasteiger partial charge on any atom is -0.497 e. The van der Waals surface area contributed by atoms with Crippen molar-refractivity contribution in [3.05, 3.63) is 60.4 Å². The zero-order chi connectivity index (χ0) is 11.3. The van der Waals surface area contributed by atoms with Gasteiger partial charge >= 0.3 is 0 Å². The minimum atomic E-state index is 0.508. The van der Waals surface area contributed by atoms with Crippen molar-refractivity contribution in [1.82, 2.24) is 0 Å². The van der Waals surface area contributed by atoms with E-state index in [4.69, 9.17) is 4.74 Å². The van der Waals surface area contributed by atoms with E-state index in [1.807, 2.05) is 12.2 Å². The fourth-order valence-corrected chi connectivity index (χ4v) is 1.61. The van der Waals surface area contributed by atoms with E-state index in [2.05, 4.69) is 32.2 Å². The van der Waals surface area contributed by atoms with Gasteiger partial charge in [0, 0.05) is 0 Å². The molecule has 1 aliphatic rings. The van der Waals surface area contributed by atoms with Crippen molar-refractivity contribution in [2.45, 2.75) is 13.3 Å². The predicted molar refractivity (Wildman–Crippen MR) is 65.4 cm³/mol. The fourth-order valence-electron chi connectivity index (χ4n) is 1.61. The second kappa shape index (κ2) is 5.40. The van der Waals surface area contributed by atoms with Gasteiger partial charge in [-0.05, 0) is 35.6 Å². The highest BCUT2D eigenvalue weighted by atomic mass is 16.5. The van der Waals surface area contributed by atoms with Crippen LogP contribution in [0.15, 0.2) is 60.4 Å². The lowest BCUT2D eigenvalue weighted by Crippen LogP contribution is -2.03. The number of allylic oxidation sites excluding steroid dienone is 7. The van der Waals surface area contributed by atoms with Gasteiger partial charge in [-0.3, -0.25) is 0 Å². The molecule has 0 saturated heterocycles. The number of methoxy groups -OCH3 is 1. The van der Waals surface area contributed by atoms with Gasteiger partial charge in [0.05, 0.1) is 7.11 Å². The molecule has 0 aromatic heterocycles. The average molecular weight is 202 g/mol. The summed E-state index contributed by atoms with van der Waals surface area (Å²) in [6, 6.07) is 0. The van der Waals surface area contributed by atoms with Gasteiger partial charge < -0.3 is 4.74 Å². The molecule has 15 heavy (non-hydrogen) atoms. The highest BCUT2D eigenvalue weighted by Gasteiger charge is 2.12. The zero-order valence-corrected chi connectivity index (χ0v) is 9.49. The van der Waals surface area contributed by atoms with Crippen LogP contribution in [0.3, 0.4) is 0 Å². The van der Waals surface area contributed by atoms with E-state index in [-0.39, 0.29) is 0 Å².